The van der Waals surface area contributed by atoms with Crippen LogP contribution in [0.1, 0.15) is 30.1 Å². The zero-order chi connectivity index (χ0) is 17.4. The number of amides is 1. The first kappa shape index (κ1) is 16.4. The lowest BCUT2D eigenvalue weighted by Crippen LogP contribution is -2.62. The summed E-state index contributed by atoms with van der Waals surface area (Å²) in [6, 6.07) is 7.52. The van der Waals surface area contributed by atoms with E-state index in [0.717, 1.165) is 13.1 Å². The maximum Gasteiger partial charge on any atom is 0.400 e. The van der Waals surface area contributed by atoms with Crippen molar-refractivity contribution in [2.75, 3.05) is 13.1 Å². The first-order valence-electron chi connectivity index (χ1n) is 8.54. The fourth-order valence-corrected chi connectivity index (χ4v) is 3.96. The maximum atomic E-state index is 12.6. The molecule has 2 unspecified atom stereocenters. The van der Waals surface area contributed by atoms with Gasteiger partial charge < -0.3 is 14.5 Å². The fourth-order valence-electron chi connectivity index (χ4n) is 3.84. The molecule has 1 aromatic carbocycles. The topological polar surface area (TPSA) is 67.6 Å². The molecule has 2 atom stereocenters. The van der Waals surface area contributed by atoms with Gasteiger partial charge in [0.2, 0.25) is 5.22 Å². The standard InChI is InChI=1S/C18H20ClN3O3/c1-11-16(12-6-8-22(11)9-7-12)21-17(23)13-2-4-14(5-3-13)24-18-20-10-15(19)25-18/h2-5,10-12,16H,6-9H2,1H3,(H,21,23). The average molecular weight is 362 g/mol. The minimum atomic E-state index is -0.0451. The molecule has 5 rings (SSSR count). The minimum Gasteiger partial charge on any atom is -0.411 e. The number of aromatic nitrogens is 1. The average Bonchev–Trinajstić information content (AvgIpc) is 3.04. The first-order valence-corrected chi connectivity index (χ1v) is 8.92. The van der Waals surface area contributed by atoms with Gasteiger partial charge in [0.15, 0.2) is 0 Å². The molecule has 3 fully saturated rings. The molecule has 3 saturated heterocycles. The van der Waals surface area contributed by atoms with Crippen molar-refractivity contribution in [3.05, 3.63) is 41.2 Å². The Morgan fingerprint density at radius 2 is 2.04 bits per heavy atom. The number of benzene rings is 1. The van der Waals surface area contributed by atoms with Crippen molar-refractivity contribution < 1.29 is 13.9 Å². The summed E-state index contributed by atoms with van der Waals surface area (Å²) in [4.78, 5) is 18.9. The monoisotopic (exact) mass is 361 g/mol. The highest BCUT2D eigenvalue weighted by atomic mass is 35.5. The van der Waals surface area contributed by atoms with Crippen LogP contribution in [0.4, 0.5) is 0 Å². The summed E-state index contributed by atoms with van der Waals surface area (Å²) < 4.78 is 10.5. The Labute approximate surface area is 151 Å². The molecule has 4 heterocycles. The number of oxazole rings is 1. The third-order valence-electron chi connectivity index (χ3n) is 5.25. The maximum absolute atomic E-state index is 12.6. The van der Waals surface area contributed by atoms with Gasteiger partial charge in [0.25, 0.3) is 5.91 Å². The molecular formula is C18H20ClN3O3. The number of ether oxygens (including phenoxy) is 1. The van der Waals surface area contributed by atoms with Gasteiger partial charge in [0.1, 0.15) is 5.75 Å². The van der Waals surface area contributed by atoms with Crippen LogP contribution in [0.5, 0.6) is 11.8 Å². The second-order valence-corrected chi connectivity index (χ2v) is 7.04. The summed E-state index contributed by atoms with van der Waals surface area (Å²) in [5, 5.41) is 3.38. The van der Waals surface area contributed by atoms with Gasteiger partial charge in [0.05, 0.1) is 6.20 Å². The first-order chi connectivity index (χ1) is 12.1. The van der Waals surface area contributed by atoms with E-state index in [4.69, 9.17) is 20.8 Å². The van der Waals surface area contributed by atoms with E-state index in [9.17, 15) is 4.79 Å². The minimum absolute atomic E-state index is 0.0451. The molecule has 2 aromatic rings. The van der Waals surface area contributed by atoms with E-state index in [1.54, 1.807) is 24.3 Å². The zero-order valence-electron chi connectivity index (χ0n) is 13.9. The van der Waals surface area contributed by atoms with Crippen LogP contribution in [0.2, 0.25) is 5.22 Å². The summed E-state index contributed by atoms with van der Waals surface area (Å²) in [6.45, 7) is 4.50. The normalized spacial score (nSPS) is 27.9. The Hall–Kier alpha value is -2.05. The van der Waals surface area contributed by atoms with Crippen LogP contribution in [0.15, 0.2) is 34.9 Å². The number of halogens is 1. The number of nitrogens with zero attached hydrogens (tertiary/aromatic N) is 2. The Morgan fingerprint density at radius 3 is 2.64 bits per heavy atom. The number of carbonyl (C=O) groups is 1. The number of fused-ring (bicyclic) bond motifs is 3. The van der Waals surface area contributed by atoms with Gasteiger partial charge in [0, 0.05) is 17.6 Å². The van der Waals surface area contributed by atoms with E-state index in [1.807, 2.05) is 0 Å². The second-order valence-electron chi connectivity index (χ2n) is 6.67. The molecule has 0 saturated carbocycles. The summed E-state index contributed by atoms with van der Waals surface area (Å²) in [5.74, 6) is 1.07. The van der Waals surface area contributed by atoms with E-state index >= 15 is 0 Å². The number of nitrogens with one attached hydrogen (secondary N) is 1. The van der Waals surface area contributed by atoms with Gasteiger partial charge in [-0.1, -0.05) is 0 Å². The smallest absolute Gasteiger partial charge is 0.400 e. The van der Waals surface area contributed by atoms with Crippen molar-refractivity contribution in [1.82, 2.24) is 15.2 Å². The Morgan fingerprint density at radius 1 is 1.32 bits per heavy atom. The van der Waals surface area contributed by atoms with Crippen LogP contribution in [0.25, 0.3) is 0 Å². The quantitative estimate of drug-likeness (QED) is 0.904. The molecule has 3 aliphatic heterocycles. The van der Waals surface area contributed by atoms with E-state index in [2.05, 4.69) is 22.1 Å². The van der Waals surface area contributed by atoms with Crippen LogP contribution in [-0.2, 0) is 0 Å². The number of hydrogen-bond donors (Lipinski definition) is 1. The van der Waals surface area contributed by atoms with Crippen molar-refractivity contribution in [3.8, 4) is 11.8 Å². The largest absolute Gasteiger partial charge is 0.411 e. The molecule has 0 spiro atoms. The number of carbonyl (C=O) groups excluding carboxylic acids is 1. The molecule has 132 valence electrons. The van der Waals surface area contributed by atoms with Crippen molar-refractivity contribution >= 4 is 17.5 Å². The van der Waals surface area contributed by atoms with Gasteiger partial charge in [-0.15, -0.1) is 0 Å². The Bertz CT molecular complexity index is 751. The van der Waals surface area contributed by atoms with E-state index in [0.29, 0.717) is 23.3 Å². The molecule has 25 heavy (non-hydrogen) atoms. The van der Waals surface area contributed by atoms with Crippen molar-refractivity contribution in [3.63, 3.8) is 0 Å². The van der Waals surface area contributed by atoms with Gasteiger partial charge in [-0.25, -0.2) is 0 Å². The molecular weight excluding hydrogens is 342 g/mol. The summed E-state index contributed by atoms with van der Waals surface area (Å²) in [6.07, 6.45) is 3.78. The molecule has 1 N–H and O–H groups in total. The lowest BCUT2D eigenvalue weighted by Gasteiger charge is -2.49. The number of piperidine rings is 3. The van der Waals surface area contributed by atoms with Gasteiger partial charge in [-0.2, -0.15) is 4.98 Å². The number of rotatable bonds is 4. The van der Waals surface area contributed by atoms with Crippen LogP contribution >= 0.6 is 11.6 Å². The lowest BCUT2D eigenvalue weighted by atomic mass is 9.79. The van der Waals surface area contributed by atoms with Gasteiger partial charge in [-0.3, -0.25) is 9.69 Å². The van der Waals surface area contributed by atoms with Crippen LogP contribution < -0.4 is 10.1 Å². The summed E-state index contributed by atoms with van der Waals surface area (Å²) >= 11 is 5.66. The van der Waals surface area contributed by atoms with Crippen LogP contribution in [-0.4, -0.2) is 41.0 Å². The molecule has 0 aliphatic carbocycles. The highest BCUT2D eigenvalue weighted by Crippen LogP contribution is 2.32. The summed E-state index contributed by atoms with van der Waals surface area (Å²) in [5.41, 5.74) is 0.612. The summed E-state index contributed by atoms with van der Waals surface area (Å²) in [7, 11) is 0. The van der Waals surface area contributed by atoms with Crippen molar-refractivity contribution in [2.24, 2.45) is 5.92 Å². The fraction of sp³-hybridized carbons (Fsp3) is 0.444. The molecule has 2 bridgehead atoms. The predicted octanol–water partition coefficient (Wildman–Crippen LogP) is 3.33. The molecule has 1 amide bonds. The molecule has 3 aliphatic rings. The molecule has 7 heteroatoms. The van der Waals surface area contributed by atoms with E-state index in [1.165, 1.54) is 19.0 Å². The molecule has 6 nitrogen and oxygen atoms in total. The van der Waals surface area contributed by atoms with Crippen LogP contribution in [0, 0.1) is 5.92 Å². The number of hydrogen-bond acceptors (Lipinski definition) is 5. The highest BCUT2D eigenvalue weighted by Gasteiger charge is 2.40. The van der Waals surface area contributed by atoms with E-state index in [-0.39, 0.29) is 23.2 Å². The van der Waals surface area contributed by atoms with E-state index < -0.39 is 0 Å². The molecule has 1 aromatic heterocycles. The SMILES string of the molecule is CC1C(NC(=O)c2ccc(Oc3ncc(Cl)o3)cc2)C2CCN1CC2. The van der Waals surface area contributed by atoms with Gasteiger partial charge >= 0.3 is 6.08 Å². The van der Waals surface area contributed by atoms with Crippen molar-refractivity contribution in [2.45, 2.75) is 31.8 Å². The third kappa shape index (κ3) is 3.37. The van der Waals surface area contributed by atoms with Crippen LogP contribution in [0.3, 0.4) is 0 Å². The Kier molecular flexibility index (Phi) is 4.39. The third-order valence-corrected chi connectivity index (χ3v) is 5.43. The predicted molar refractivity (Wildman–Crippen MR) is 93.0 cm³/mol. The lowest BCUT2D eigenvalue weighted by molar-refractivity contribution is 0.0217. The van der Waals surface area contributed by atoms with Gasteiger partial charge in [-0.05, 0) is 74.6 Å². The Balaban J connectivity index is 1.40. The highest BCUT2D eigenvalue weighted by molar-refractivity contribution is 6.28. The van der Waals surface area contributed by atoms with Crippen molar-refractivity contribution in [1.29, 1.82) is 0 Å². The zero-order valence-corrected chi connectivity index (χ0v) is 14.7. The second kappa shape index (κ2) is 6.69. The molecule has 0 radical (unpaired) electrons.